The minimum Gasteiger partial charge on any atom is -0.492 e. The van der Waals surface area contributed by atoms with E-state index >= 15 is 0 Å². The fraction of sp³-hybridized carbons (Fsp3) is 0.174. The summed E-state index contributed by atoms with van der Waals surface area (Å²) in [4.78, 5) is 12.7. The van der Waals surface area contributed by atoms with Crippen molar-refractivity contribution in [2.45, 2.75) is 11.8 Å². The molecule has 1 amide bonds. The zero-order chi connectivity index (χ0) is 22.3. The Balaban J connectivity index is 1.69. The first-order valence-corrected chi connectivity index (χ1v) is 11.1. The third-order valence-corrected chi connectivity index (χ3v) is 6.28. The van der Waals surface area contributed by atoms with Gasteiger partial charge >= 0.3 is 0 Å². The predicted molar refractivity (Wildman–Crippen MR) is 117 cm³/mol. The number of nitrogens with one attached hydrogen (secondary N) is 1. The van der Waals surface area contributed by atoms with Crippen LogP contribution in [0, 0.1) is 12.7 Å². The smallest absolute Gasteiger partial charge is 0.264 e. The zero-order valence-corrected chi connectivity index (χ0v) is 17.8. The zero-order valence-electron chi connectivity index (χ0n) is 17.0. The number of aryl methyl sites for hydroxylation is 1. The summed E-state index contributed by atoms with van der Waals surface area (Å²) in [5.41, 5.74) is 1.17. The van der Waals surface area contributed by atoms with Gasteiger partial charge in [0.05, 0.1) is 17.1 Å². The van der Waals surface area contributed by atoms with E-state index < -0.39 is 15.9 Å². The molecular weight excluding hydrogens is 419 g/mol. The number of hydrogen-bond donors (Lipinski definition) is 1. The molecule has 3 aromatic rings. The standard InChI is InChI=1S/C23H23FN2O4S/c1-18-7-5-6-10-22(18)26(31(28,29)21-8-3-2-4-9-21)17-23(27)25-15-16-30-20-13-11-19(24)12-14-20/h2-14H,15-17H2,1H3,(H,25,27). The Morgan fingerprint density at radius 2 is 1.61 bits per heavy atom. The fourth-order valence-electron chi connectivity index (χ4n) is 2.94. The van der Waals surface area contributed by atoms with E-state index in [2.05, 4.69) is 5.32 Å². The van der Waals surface area contributed by atoms with Crippen LogP contribution < -0.4 is 14.4 Å². The van der Waals surface area contributed by atoms with Crippen molar-refractivity contribution >= 4 is 21.6 Å². The molecule has 0 aliphatic heterocycles. The normalized spacial score (nSPS) is 11.0. The minimum absolute atomic E-state index is 0.102. The van der Waals surface area contributed by atoms with E-state index in [-0.39, 0.29) is 30.4 Å². The lowest BCUT2D eigenvalue weighted by molar-refractivity contribution is -0.119. The Labute approximate surface area is 181 Å². The summed E-state index contributed by atoms with van der Waals surface area (Å²) < 4.78 is 46.0. The van der Waals surface area contributed by atoms with Gasteiger partial charge in [0.25, 0.3) is 10.0 Å². The van der Waals surface area contributed by atoms with E-state index in [1.54, 1.807) is 49.4 Å². The summed E-state index contributed by atoms with van der Waals surface area (Å²) >= 11 is 0. The van der Waals surface area contributed by atoms with Gasteiger partial charge in [0.1, 0.15) is 24.7 Å². The lowest BCUT2D eigenvalue weighted by Gasteiger charge is -2.25. The molecule has 6 nitrogen and oxygen atoms in total. The maximum Gasteiger partial charge on any atom is 0.264 e. The van der Waals surface area contributed by atoms with Crippen LogP contribution in [0.5, 0.6) is 5.75 Å². The van der Waals surface area contributed by atoms with Crippen molar-refractivity contribution in [1.29, 1.82) is 0 Å². The SMILES string of the molecule is Cc1ccccc1N(CC(=O)NCCOc1ccc(F)cc1)S(=O)(=O)c1ccccc1. The third kappa shape index (κ3) is 5.82. The van der Waals surface area contributed by atoms with Gasteiger partial charge in [-0.05, 0) is 55.0 Å². The Bertz CT molecular complexity index is 1120. The molecule has 162 valence electrons. The van der Waals surface area contributed by atoms with Crippen molar-refractivity contribution < 1.29 is 22.3 Å². The molecule has 0 unspecified atom stereocenters. The van der Waals surface area contributed by atoms with Crippen molar-refractivity contribution in [3.05, 3.63) is 90.2 Å². The second-order valence-corrected chi connectivity index (χ2v) is 8.63. The van der Waals surface area contributed by atoms with Crippen LogP contribution in [0.2, 0.25) is 0 Å². The summed E-state index contributed by atoms with van der Waals surface area (Å²) in [5, 5.41) is 2.66. The fourth-order valence-corrected chi connectivity index (χ4v) is 4.45. The summed E-state index contributed by atoms with van der Waals surface area (Å²) in [5.74, 6) is -0.356. The van der Waals surface area contributed by atoms with Crippen LogP contribution in [-0.2, 0) is 14.8 Å². The van der Waals surface area contributed by atoms with Crippen molar-refractivity contribution in [3.8, 4) is 5.75 Å². The molecule has 0 radical (unpaired) electrons. The first-order chi connectivity index (χ1) is 14.9. The lowest BCUT2D eigenvalue weighted by atomic mass is 10.2. The van der Waals surface area contributed by atoms with Crippen LogP contribution in [0.3, 0.4) is 0 Å². The van der Waals surface area contributed by atoms with Crippen LogP contribution in [0.25, 0.3) is 0 Å². The van der Waals surface area contributed by atoms with Crippen molar-refractivity contribution in [1.82, 2.24) is 5.32 Å². The van der Waals surface area contributed by atoms with Crippen molar-refractivity contribution in [3.63, 3.8) is 0 Å². The molecule has 0 spiro atoms. The van der Waals surface area contributed by atoms with E-state index in [1.807, 2.05) is 0 Å². The highest BCUT2D eigenvalue weighted by molar-refractivity contribution is 7.92. The van der Waals surface area contributed by atoms with E-state index in [4.69, 9.17) is 4.74 Å². The van der Waals surface area contributed by atoms with Crippen LogP contribution in [0.4, 0.5) is 10.1 Å². The van der Waals surface area contributed by atoms with E-state index in [9.17, 15) is 17.6 Å². The summed E-state index contributed by atoms with van der Waals surface area (Å²) in [6.45, 7) is 1.74. The number of carbonyl (C=O) groups excluding carboxylic acids is 1. The molecule has 0 aliphatic carbocycles. The molecule has 0 heterocycles. The van der Waals surface area contributed by atoms with Gasteiger partial charge in [-0.15, -0.1) is 0 Å². The lowest BCUT2D eigenvalue weighted by Crippen LogP contribution is -2.42. The molecule has 3 rings (SSSR count). The van der Waals surface area contributed by atoms with Crippen molar-refractivity contribution in [2.75, 3.05) is 24.0 Å². The van der Waals surface area contributed by atoms with Crippen LogP contribution >= 0.6 is 0 Å². The molecule has 0 fully saturated rings. The monoisotopic (exact) mass is 442 g/mol. The molecule has 1 N–H and O–H groups in total. The predicted octanol–water partition coefficient (Wildman–Crippen LogP) is 3.52. The third-order valence-electron chi connectivity index (χ3n) is 4.51. The van der Waals surface area contributed by atoms with Gasteiger partial charge in [-0.2, -0.15) is 0 Å². The number of carbonyl (C=O) groups is 1. The van der Waals surface area contributed by atoms with E-state index in [0.717, 1.165) is 9.87 Å². The molecule has 0 atom stereocenters. The topological polar surface area (TPSA) is 75.7 Å². The molecular formula is C23H23FN2O4S. The van der Waals surface area contributed by atoms with Gasteiger partial charge in [-0.3, -0.25) is 9.10 Å². The molecule has 0 aromatic heterocycles. The van der Waals surface area contributed by atoms with E-state index in [0.29, 0.717) is 11.4 Å². The van der Waals surface area contributed by atoms with Gasteiger partial charge < -0.3 is 10.1 Å². The minimum atomic E-state index is -3.94. The summed E-state index contributed by atoms with van der Waals surface area (Å²) in [6.07, 6.45) is 0. The second-order valence-electron chi connectivity index (χ2n) is 6.76. The molecule has 0 bridgehead atoms. The number of sulfonamides is 1. The van der Waals surface area contributed by atoms with Gasteiger partial charge in [-0.25, -0.2) is 12.8 Å². The number of anilines is 1. The maximum atomic E-state index is 13.3. The number of amides is 1. The van der Waals surface area contributed by atoms with Gasteiger partial charge in [0.2, 0.25) is 5.91 Å². The molecule has 0 saturated heterocycles. The summed E-state index contributed by atoms with van der Waals surface area (Å²) in [7, 11) is -3.94. The highest BCUT2D eigenvalue weighted by Crippen LogP contribution is 2.26. The quantitative estimate of drug-likeness (QED) is 0.515. The number of halogens is 1. The Morgan fingerprint density at radius 3 is 2.29 bits per heavy atom. The number of hydrogen-bond acceptors (Lipinski definition) is 4. The number of benzene rings is 3. The Hall–Kier alpha value is -3.39. The molecule has 31 heavy (non-hydrogen) atoms. The first-order valence-electron chi connectivity index (χ1n) is 9.66. The molecule has 0 saturated carbocycles. The largest absolute Gasteiger partial charge is 0.492 e. The molecule has 8 heteroatoms. The highest BCUT2D eigenvalue weighted by atomic mass is 32.2. The average molecular weight is 443 g/mol. The Morgan fingerprint density at radius 1 is 0.968 bits per heavy atom. The van der Waals surface area contributed by atoms with Crippen molar-refractivity contribution in [2.24, 2.45) is 0 Å². The van der Waals surface area contributed by atoms with Crippen LogP contribution in [-0.4, -0.2) is 34.0 Å². The molecule has 3 aromatic carbocycles. The number of para-hydroxylation sites is 1. The Kier molecular flexibility index (Phi) is 7.25. The number of ether oxygens (including phenoxy) is 1. The average Bonchev–Trinajstić information content (AvgIpc) is 2.77. The van der Waals surface area contributed by atoms with Crippen LogP contribution in [0.15, 0.2) is 83.8 Å². The van der Waals surface area contributed by atoms with Gasteiger partial charge in [0, 0.05) is 0 Å². The summed E-state index contributed by atoms with van der Waals surface area (Å²) in [6, 6.07) is 20.5. The second kappa shape index (κ2) is 10.1. The number of rotatable bonds is 9. The maximum absolute atomic E-state index is 13.3. The van der Waals surface area contributed by atoms with E-state index in [1.165, 1.54) is 36.4 Å². The van der Waals surface area contributed by atoms with Crippen LogP contribution in [0.1, 0.15) is 5.56 Å². The first kappa shape index (κ1) is 22.3. The highest BCUT2D eigenvalue weighted by Gasteiger charge is 2.27. The van der Waals surface area contributed by atoms with Gasteiger partial charge in [0.15, 0.2) is 0 Å². The molecule has 0 aliphatic rings. The van der Waals surface area contributed by atoms with Gasteiger partial charge in [-0.1, -0.05) is 36.4 Å². The number of nitrogens with zero attached hydrogens (tertiary/aromatic N) is 1.